The number of rotatable bonds is 3. The third kappa shape index (κ3) is 2.58. The molecular formula is C13H11F2NO. The Morgan fingerprint density at radius 2 is 2.00 bits per heavy atom. The SMILES string of the molecule is CCOc1ccc(F)c(-c2ccc(F)cn2)c1. The van der Waals surface area contributed by atoms with E-state index in [0.717, 1.165) is 6.20 Å². The van der Waals surface area contributed by atoms with Gasteiger partial charge in [0, 0.05) is 5.56 Å². The summed E-state index contributed by atoms with van der Waals surface area (Å²) in [6.45, 7) is 2.35. The quantitative estimate of drug-likeness (QED) is 0.813. The van der Waals surface area contributed by atoms with Crippen molar-refractivity contribution in [3.05, 3.63) is 48.2 Å². The van der Waals surface area contributed by atoms with Gasteiger partial charge in [0.2, 0.25) is 0 Å². The topological polar surface area (TPSA) is 22.1 Å². The van der Waals surface area contributed by atoms with E-state index in [-0.39, 0.29) is 0 Å². The summed E-state index contributed by atoms with van der Waals surface area (Å²) in [7, 11) is 0. The standard InChI is InChI=1S/C13H11F2NO/c1-2-17-10-4-5-12(15)11(7-10)13-6-3-9(14)8-16-13/h3-8H,2H2,1H3. The Morgan fingerprint density at radius 1 is 1.18 bits per heavy atom. The molecule has 0 aliphatic rings. The number of hydrogen-bond donors (Lipinski definition) is 0. The van der Waals surface area contributed by atoms with Gasteiger partial charge in [0.05, 0.1) is 18.5 Å². The van der Waals surface area contributed by atoms with E-state index < -0.39 is 11.6 Å². The number of aromatic nitrogens is 1. The van der Waals surface area contributed by atoms with Gasteiger partial charge in [-0.1, -0.05) is 0 Å². The van der Waals surface area contributed by atoms with Gasteiger partial charge in [0.15, 0.2) is 0 Å². The second-order valence-electron chi connectivity index (χ2n) is 3.44. The number of benzene rings is 1. The number of ether oxygens (including phenoxy) is 1. The van der Waals surface area contributed by atoms with Gasteiger partial charge in [0.1, 0.15) is 17.4 Å². The van der Waals surface area contributed by atoms with Crippen molar-refractivity contribution in [2.24, 2.45) is 0 Å². The second-order valence-corrected chi connectivity index (χ2v) is 3.44. The molecule has 0 amide bonds. The summed E-state index contributed by atoms with van der Waals surface area (Å²) in [5, 5.41) is 0. The van der Waals surface area contributed by atoms with Crippen molar-refractivity contribution in [1.82, 2.24) is 4.98 Å². The summed E-state index contributed by atoms with van der Waals surface area (Å²) in [5.74, 6) is -0.294. The highest BCUT2D eigenvalue weighted by Gasteiger charge is 2.08. The summed E-state index contributed by atoms with van der Waals surface area (Å²) >= 11 is 0. The number of hydrogen-bond acceptors (Lipinski definition) is 2. The molecule has 88 valence electrons. The van der Waals surface area contributed by atoms with Gasteiger partial charge in [-0.2, -0.15) is 0 Å². The van der Waals surface area contributed by atoms with Crippen LogP contribution in [-0.2, 0) is 0 Å². The van der Waals surface area contributed by atoms with E-state index in [0.29, 0.717) is 23.6 Å². The molecule has 2 rings (SSSR count). The van der Waals surface area contributed by atoms with Crippen LogP contribution >= 0.6 is 0 Å². The summed E-state index contributed by atoms with van der Waals surface area (Å²) in [6, 6.07) is 7.09. The fraction of sp³-hybridized carbons (Fsp3) is 0.154. The van der Waals surface area contributed by atoms with Gasteiger partial charge >= 0.3 is 0 Å². The van der Waals surface area contributed by atoms with Crippen LogP contribution in [-0.4, -0.2) is 11.6 Å². The Bertz CT molecular complexity index is 511. The minimum Gasteiger partial charge on any atom is -0.494 e. The van der Waals surface area contributed by atoms with Crippen LogP contribution in [0.15, 0.2) is 36.5 Å². The summed E-state index contributed by atoms with van der Waals surface area (Å²) in [4.78, 5) is 3.84. The highest BCUT2D eigenvalue weighted by atomic mass is 19.1. The van der Waals surface area contributed by atoms with Gasteiger partial charge in [-0.25, -0.2) is 8.78 Å². The average Bonchev–Trinajstić information content (AvgIpc) is 2.33. The minimum atomic E-state index is -0.449. The van der Waals surface area contributed by atoms with Crippen LogP contribution in [0.1, 0.15) is 6.92 Å². The fourth-order valence-corrected chi connectivity index (χ4v) is 1.49. The molecule has 2 nitrogen and oxygen atoms in total. The largest absolute Gasteiger partial charge is 0.494 e. The Kier molecular flexibility index (Phi) is 3.32. The molecule has 1 aromatic carbocycles. The molecule has 0 unspecified atom stereocenters. The molecule has 1 heterocycles. The summed E-state index contributed by atoms with van der Waals surface area (Å²) in [5.41, 5.74) is 0.682. The molecule has 0 radical (unpaired) electrons. The Morgan fingerprint density at radius 3 is 2.65 bits per heavy atom. The predicted molar refractivity (Wildman–Crippen MR) is 60.8 cm³/mol. The molecule has 0 aliphatic heterocycles. The first-order chi connectivity index (χ1) is 8.20. The van der Waals surface area contributed by atoms with Crippen LogP contribution in [0.25, 0.3) is 11.3 Å². The molecule has 0 spiro atoms. The maximum atomic E-state index is 13.6. The zero-order valence-corrected chi connectivity index (χ0v) is 9.28. The van der Waals surface area contributed by atoms with Crippen molar-refractivity contribution in [2.45, 2.75) is 6.92 Å². The van der Waals surface area contributed by atoms with Crippen LogP contribution in [0.3, 0.4) is 0 Å². The smallest absolute Gasteiger partial charge is 0.141 e. The molecule has 0 saturated carbocycles. The first kappa shape index (κ1) is 11.5. The molecule has 0 saturated heterocycles. The predicted octanol–water partition coefficient (Wildman–Crippen LogP) is 3.43. The maximum Gasteiger partial charge on any atom is 0.141 e. The van der Waals surface area contributed by atoms with E-state index in [4.69, 9.17) is 4.74 Å². The first-order valence-electron chi connectivity index (χ1n) is 5.25. The van der Waals surface area contributed by atoms with Crippen molar-refractivity contribution in [1.29, 1.82) is 0 Å². The zero-order chi connectivity index (χ0) is 12.3. The Balaban J connectivity index is 2.42. The van der Waals surface area contributed by atoms with E-state index in [1.807, 2.05) is 6.92 Å². The van der Waals surface area contributed by atoms with E-state index >= 15 is 0 Å². The van der Waals surface area contributed by atoms with Crippen molar-refractivity contribution in [3.8, 4) is 17.0 Å². The summed E-state index contributed by atoms with van der Waals surface area (Å²) < 4.78 is 31.6. The van der Waals surface area contributed by atoms with Crippen molar-refractivity contribution < 1.29 is 13.5 Å². The van der Waals surface area contributed by atoms with Crippen molar-refractivity contribution in [3.63, 3.8) is 0 Å². The molecule has 0 aliphatic carbocycles. The van der Waals surface area contributed by atoms with Crippen LogP contribution in [0.4, 0.5) is 8.78 Å². The molecule has 1 aromatic heterocycles. The van der Waals surface area contributed by atoms with E-state index in [1.54, 1.807) is 12.1 Å². The van der Waals surface area contributed by atoms with Gasteiger partial charge in [0.25, 0.3) is 0 Å². The van der Waals surface area contributed by atoms with Gasteiger partial charge in [-0.3, -0.25) is 4.98 Å². The Labute approximate surface area is 97.9 Å². The lowest BCUT2D eigenvalue weighted by Crippen LogP contribution is -1.94. The zero-order valence-electron chi connectivity index (χ0n) is 9.28. The van der Waals surface area contributed by atoms with E-state index in [1.165, 1.54) is 18.2 Å². The third-order valence-electron chi connectivity index (χ3n) is 2.25. The Hall–Kier alpha value is -1.97. The monoisotopic (exact) mass is 235 g/mol. The number of pyridine rings is 1. The fourth-order valence-electron chi connectivity index (χ4n) is 1.49. The van der Waals surface area contributed by atoms with Crippen molar-refractivity contribution >= 4 is 0 Å². The highest BCUT2D eigenvalue weighted by molar-refractivity contribution is 5.61. The molecule has 0 atom stereocenters. The summed E-state index contributed by atoms with van der Waals surface area (Å²) in [6.07, 6.45) is 1.06. The normalized spacial score (nSPS) is 10.3. The maximum absolute atomic E-state index is 13.6. The van der Waals surface area contributed by atoms with Crippen LogP contribution in [0.2, 0.25) is 0 Å². The number of halogens is 2. The van der Waals surface area contributed by atoms with Crippen LogP contribution in [0, 0.1) is 11.6 Å². The van der Waals surface area contributed by atoms with E-state index in [9.17, 15) is 8.78 Å². The molecular weight excluding hydrogens is 224 g/mol. The first-order valence-corrected chi connectivity index (χ1v) is 5.25. The lowest BCUT2D eigenvalue weighted by atomic mass is 10.1. The van der Waals surface area contributed by atoms with E-state index in [2.05, 4.69) is 4.98 Å². The molecule has 17 heavy (non-hydrogen) atoms. The number of nitrogens with zero attached hydrogens (tertiary/aromatic N) is 1. The molecule has 2 aromatic rings. The van der Waals surface area contributed by atoms with Gasteiger partial charge in [-0.15, -0.1) is 0 Å². The van der Waals surface area contributed by atoms with Crippen molar-refractivity contribution in [2.75, 3.05) is 6.61 Å². The minimum absolute atomic E-state index is 0.302. The highest BCUT2D eigenvalue weighted by Crippen LogP contribution is 2.25. The lowest BCUT2D eigenvalue weighted by molar-refractivity contribution is 0.340. The van der Waals surface area contributed by atoms with Gasteiger partial charge < -0.3 is 4.74 Å². The van der Waals surface area contributed by atoms with Crippen LogP contribution < -0.4 is 4.74 Å². The molecule has 4 heteroatoms. The van der Waals surface area contributed by atoms with Gasteiger partial charge in [-0.05, 0) is 37.3 Å². The second kappa shape index (κ2) is 4.91. The molecule has 0 bridgehead atoms. The van der Waals surface area contributed by atoms with Crippen LogP contribution in [0.5, 0.6) is 5.75 Å². The molecule has 0 fully saturated rings. The molecule has 0 N–H and O–H groups in total. The third-order valence-corrected chi connectivity index (χ3v) is 2.25. The lowest BCUT2D eigenvalue weighted by Gasteiger charge is -2.07. The average molecular weight is 235 g/mol.